The molecular weight excluding hydrogens is 282 g/mol. The number of fused-ring (bicyclic) bond motifs is 1. The maximum Gasteiger partial charge on any atom is 0.405 e. The lowest BCUT2D eigenvalue weighted by atomic mass is 10.0. The summed E-state index contributed by atoms with van der Waals surface area (Å²) in [6, 6.07) is 6.86. The molecule has 0 fully saturated rings. The maximum atomic E-state index is 12.1. The highest BCUT2D eigenvalue weighted by atomic mass is 16.4. The number of nitrogens with one attached hydrogen (secondary N) is 3. The number of hydrogen-bond donors (Lipinski definition) is 4. The average Bonchev–Trinajstić information content (AvgIpc) is 2.90. The van der Waals surface area contributed by atoms with E-state index in [1.807, 2.05) is 24.3 Å². The number of carbonyl (C=O) groups is 2. The lowest BCUT2D eigenvalue weighted by Gasteiger charge is -2.16. The molecule has 6 heteroatoms. The Balaban J connectivity index is 2.13. The van der Waals surface area contributed by atoms with Crippen LogP contribution in [-0.2, 0) is 11.2 Å². The van der Waals surface area contributed by atoms with Crippen LogP contribution in [-0.4, -0.2) is 34.7 Å². The summed E-state index contributed by atoms with van der Waals surface area (Å²) in [6.45, 7) is 4.02. The van der Waals surface area contributed by atoms with Crippen molar-refractivity contribution in [2.45, 2.75) is 18.9 Å². The topological polar surface area (TPSA) is 94.2 Å². The smallest absolute Gasteiger partial charge is 0.405 e. The molecular formula is C16H19N3O3. The third-order valence-corrected chi connectivity index (χ3v) is 3.36. The van der Waals surface area contributed by atoms with Gasteiger partial charge in [-0.15, -0.1) is 6.58 Å². The summed E-state index contributed by atoms with van der Waals surface area (Å²) in [6.07, 6.45) is 3.20. The molecule has 1 aromatic heterocycles. The van der Waals surface area contributed by atoms with Gasteiger partial charge in [-0.2, -0.15) is 0 Å². The maximum absolute atomic E-state index is 12.1. The molecule has 2 aromatic rings. The largest absolute Gasteiger partial charge is 0.465 e. The standard InChI is InChI=1S/C16H19N3O3/c1-2-3-8-17-15(20)14(19-16(21)22)9-11-10-18-13-7-5-4-6-12(11)13/h2,4-7,10,14,18-19H,1,3,8-9H2,(H,17,20)(H,21,22). The minimum atomic E-state index is -1.22. The molecule has 1 heterocycles. The fourth-order valence-corrected chi connectivity index (χ4v) is 2.30. The number of amides is 2. The van der Waals surface area contributed by atoms with Crippen molar-refractivity contribution in [1.29, 1.82) is 0 Å². The highest BCUT2D eigenvalue weighted by Crippen LogP contribution is 2.19. The van der Waals surface area contributed by atoms with Crippen molar-refractivity contribution in [3.05, 3.63) is 48.7 Å². The molecule has 0 radical (unpaired) electrons. The van der Waals surface area contributed by atoms with E-state index in [-0.39, 0.29) is 12.3 Å². The number of hydrogen-bond acceptors (Lipinski definition) is 2. The minimum Gasteiger partial charge on any atom is -0.465 e. The Morgan fingerprint density at radius 2 is 2.14 bits per heavy atom. The normalized spacial score (nSPS) is 11.8. The molecule has 0 saturated carbocycles. The minimum absolute atomic E-state index is 0.288. The van der Waals surface area contributed by atoms with Gasteiger partial charge >= 0.3 is 6.09 Å². The summed E-state index contributed by atoms with van der Waals surface area (Å²) in [5.74, 6) is -0.338. The van der Waals surface area contributed by atoms with Gasteiger partial charge in [0.25, 0.3) is 0 Å². The molecule has 0 bridgehead atoms. The van der Waals surface area contributed by atoms with Crippen molar-refractivity contribution in [3.8, 4) is 0 Å². The zero-order valence-corrected chi connectivity index (χ0v) is 12.1. The third-order valence-electron chi connectivity index (χ3n) is 3.36. The van der Waals surface area contributed by atoms with Crippen LogP contribution in [0.5, 0.6) is 0 Å². The highest BCUT2D eigenvalue weighted by Gasteiger charge is 2.21. The first kappa shape index (κ1) is 15.6. The Labute approximate surface area is 128 Å². The second kappa shape index (κ2) is 7.31. The van der Waals surface area contributed by atoms with Gasteiger partial charge in [0.15, 0.2) is 0 Å². The van der Waals surface area contributed by atoms with Crippen LogP contribution in [0.4, 0.5) is 4.79 Å². The summed E-state index contributed by atoms with van der Waals surface area (Å²) in [5.41, 5.74) is 1.85. The number of aromatic nitrogens is 1. The number of carbonyl (C=O) groups excluding carboxylic acids is 1. The molecule has 2 rings (SSSR count). The Morgan fingerprint density at radius 3 is 2.86 bits per heavy atom. The summed E-state index contributed by atoms with van der Waals surface area (Å²) in [7, 11) is 0. The summed E-state index contributed by atoms with van der Waals surface area (Å²) >= 11 is 0. The zero-order valence-electron chi connectivity index (χ0n) is 12.1. The zero-order chi connectivity index (χ0) is 15.9. The molecule has 1 unspecified atom stereocenters. The Hall–Kier alpha value is -2.76. The molecule has 0 aliphatic carbocycles. The molecule has 0 aliphatic rings. The molecule has 0 saturated heterocycles. The fourth-order valence-electron chi connectivity index (χ4n) is 2.30. The van der Waals surface area contributed by atoms with Crippen molar-refractivity contribution in [2.24, 2.45) is 0 Å². The van der Waals surface area contributed by atoms with E-state index >= 15 is 0 Å². The van der Waals surface area contributed by atoms with Crippen molar-refractivity contribution in [1.82, 2.24) is 15.6 Å². The van der Waals surface area contributed by atoms with Crippen LogP contribution < -0.4 is 10.6 Å². The Bertz CT molecular complexity index is 678. The van der Waals surface area contributed by atoms with Gasteiger partial charge in [0, 0.05) is 30.1 Å². The molecule has 2 amide bonds. The molecule has 6 nitrogen and oxygen atoms in total. The van der Waals surface area contributed by atoms with Crippen molar-refractivity contribution < 1.29 is 14.7 Å². The van der Waals surface area contributed by atoms with E-state index in [1.54, 1.807) is 12.3 Å². The summed E-state index contributed by atoms with van der Waals surface area (Å²) in [4.78, 5) is 26.2. The number of aromatic amines is 1. The SMILES string of the molecule is C=CCCNC(=O)C(Cc1c[nH]c2ccccc12)NC(=O)O. The van der Waals surface area contributed by atoms with Crippen molar-refractivity contribution in [3.63, 3.8) is 0 Å². The predicted octanol–water partition coefficient (Wildman–Crippen LogP) is 2.04. The average molecular weight is 301 g/mol. The first-order chi connectivity index (χ1) is 10.6. The van der Waals surface area contributed by atoms with Gasteiger partial charge in [0.1, 0.15) is 6.04 Å². The van der Waals surface area contributed by atoms with Crippen LogP contribution >= 0.6 is 0 Å². The van der Waals surface area contributed by atoms with Gasteiger partial charge in [-0.05, 0) is 18.1 Å². The molecule has 1 atom stereocenters. The Morgan fingerprint density at radius 1 is 1.36 bits per heavy atom. The summed E-state index contributed by atoms with van der Waals surface area (Å²) < 4.78 is 0. The first-order valence-electron chi connectivity index (χ1n) is 7.05. The monoisotopic (exact) mass is 301 g/mol. The second-order valence-electron chi connectivity index (χ2n) is 4.93. The van der Waals surface area contributed by atoms with Crippen molar-refractivity contribution in [2.75, 3.05) is 6.54 Å². The molecule has 22 heavy (non-hydrogen) atoms. The number of benzene rings is 1. The highest BCUT2D eigenvalue weighted by molar-refractivity contribution is 5.88. The van der Waals surface area contributed by atoms with Gasteiger partial charge in [0.05, 0.1) is 0 Å². The first-order valence-corrected chi connectivity index (χ1v) is 7.05. The second-order valence-corrected chi connectivity index (χ2v) is 4.93. The van der Waals surface area contributed by atoms with Crippen LogP contribution in [0.3, 0.4) is 0 Å². The summed E-state index contributed by atoms with van der Waals surface area (Å²) in [5, 5.41) is 14.9. The van der Waals surface area contributed by atoms with Crippen LogP contribution in [0, 0.1) is 0 Å². The quantitative estimate of drug-likeness (QED) is 0.465. The molecule has 4 N–H and O–H groups in total. The van der Waals surface area contributed by atoms with E-state index in [1.165, 1.54) is 0 Å². The van der Waals surface area contributed by atoms with Crippen LogP contribution in [0.25, 0.3) is 10.9 Å². The van der Waals surface area contributed by atoms with Crippen LogP contribution in [0.2, 0.25) is 0 Å². The lowest BCUT2D eigenvalue weighted by molar-refractivity contribution is -0.122. The number of H-pyrrole nitrogens is 1. The number of rotatable bonds is 7. The molecule has 0 aliphatic heterocycles. The third kappa shape index (κ3) is 3.88. The van der Waals surface area contributed by atoms with E-state index in [0.29, 0.717) is 13.0 Å². The van der Waals surface area contributed by atoms with Gasteiger partial charge in [0.2, 0.25) is 5.91 Å². The molecule has 1 aromatic carbocycles. The number of carboxylic acid groups (broad SMARTS) is 1. The van der Waals surface area contributed by atoms with E-state index < -0.39 is 12.1 Å². The van der Waals surface area contributed by atoms with Gasteiger partial charge in [-0.25, -0.2) is 4.79 Å². The van der Waals surface area contributed by atoms with E-state index in [4.69, 9.17) is 5.11 Å². The van der Waals surface area contributed by atoms with Gasteiger partial charge < -0.3 is 20.7 Å². The van der Waals surface area contributed by atoms with E-state index in [2.05, 4.69) is 22.2 Å². The fraction of sp³-hybridized carbons (Fsp3) is 0.250. The van der Waals surface area contributed by atoms with Crippen LogP contribution in [0.1, 0.15) is 12.0 Å². The van der Waals surface area contributed by atoms with E-state index in [9.17, 15) is 9.59 Å². The van der Waals surface area contributed by atoms with Crippen molar-refractivity contribution >= 4 is 22.9 Å². The molecule has 0 spiro atoms. The molecule has 116 valence electrons. The van der Waals surface area contributed by atoms with E-state index in [0.717, 1.165) is 16.5 Å². The number of para-hydroxylation sites is 1. The lowest BCUT2D eigenvalue weighted by Crippen LogP contribution is -2.47. The predicted molar refractivity (Wildman–Crippen MR) is 84.8 cm³/mol. The van der Waals surface area contributed by atoms with Gasteiger partial charge in [-0.1, -0.05) is 24.3 Å². The van der Waals surface area contributed by atoms with Gasteiger partial charge in [-0.3, -0.25) is 4.79 Å². The van der Waals surface area contributed by atoms with Crippen LogP contribution in [0.15, 0.2) is 43.1 Å². The Kier molecular flexibility index (Phi) is 5.19.